The molecule has 0 radical (unpaired) electrons. The number of carbonyl (C=O) groups excluding carboxylic acids is 2. The molecule has 0 atom stereocenters. The molecule has 0 bridgehead atoms. The second-order valence-electron chi connectivity index (χ2n) is 3.09. The van der Waals surface area contributed by atoms with Gasteiger partial charge in [-0.3, -0.25) is 30.0 Å². The van der Waals surface area contributed by atoms with Crippen molar-refractivity contribution in [1.82, 2.24) is 10.3 Å². The van der Waals surface area contributed by atoms with Crippen LogP contribution in [0.4, 0.5) is 5.69 Å². The van der Waals surface area contributed by atoms with Crippen molar-refractivity contribution in [2.45, 2.75) is 12.3 Å². The molecule has 7 nitrogen and oxygen atoms in total. The summed E-state index contributed by atoms with van der Waals surface area (Å²) in [7, 11) is 0. The van der Waals surface area contributed by atoms with E-state index in [-0.39, 0.29) is 16.6 Å². The highest BCUT2D eigenvalue weighted by Gasteiger charge is 2.18. The van der Waals surface area contributed by atoms with Gasteiger partial charge < -0.3 is 0 Å². The molecule has 1 heterocycles. The molecule has 17 heavy (non-hydrogen) atoms. The molecule has 8 heteroatoms. The van der Waals surface area contributed by atoms with Crippen molar-refractivity contribution in [3.8, 4) is 0 Å². The van der Waals surface area contributed by atoms with Crippen LogP contribution in [0, 0.1) is 10.1 Å². The Balaban J connectivity index is 3.18. The average Bonchev–Trinajstić information content (AvgIpc) is 2.27. The summed E-state index contributed by atoms with van der Waals surface area (Å²) in [5.41, 5.74) is 0.0315. The smallest absolute Gasteiger partial charge is 0.288 e. The topological polar surface area (TPSA) is 102 Å². The molecule has 0 aliphatic carbocycles. The van der Waals surface area contributed by atoms with Gasteiger partial charge in [-0.05, 0) is 0 Å². The number of pyridine rings is 1. The van der Waals surface area contributed by atoms with Crippen molar-refractivity contribution in [3.05, 3.63) is 33.6 Å². The lowest BCUT2D eigenvalue weighted by atomic mass is 10.2. The standard InChI is InChI=1S/C9H8BrN3O4/c1-5(14)12-9(15)7-2-6(13(16)17)4-11-8(7)3-10/h2,4H,3H2,1H3,(H,12,14,15). The summed E-state index contributed by atoms with van der Waals surface area (Å²) >= 11 is 3.11. The normalized spacial score (nSPS) is 9.76. The molecular formula is C9H8BrN3O4. The van der Waals surface area contributed by atoms with Gasteiger partial charge in [0.15, 0.2) is 0 Å². The number of halogens is 1. The molecule has 2 amide bonds. The minimum Gasteiger partial charge on any atom is -0.293 e. The zero-order valence-electron chi connectivity index (χ0n) is 8.77. The van der Waals surface area contributed by atoms with E-state index in [0.717, 1.165) is 12.3 Å². The van der Waals surface area contributed by atoms with Gasteiger partial charge in [-0.15, -0.1) is 0 Å². The lowest BCUT2D eigenvalue weighted by Crippen LogP contribution is -2.29. The highest BCUT2D eigenvalue weighted by Crippen LogP contribution is 2.17. The van der Waals surface area contributed by atoms with E-state index < -0.39 is 16.7 Å². The molecule has 0 aliphatic rings. The number of nitrogens with zero attached hydrogens (tertiary/aromatic N) is 2. The van der Waals surface area contributed by atoms with E-state index in [2.05, 4.69) is 20.9 Å². The minimum absolute atomic E-state index is 0.00581. The fraction of sp³-hybridized carbons (Fsp3) is 0.222. The van der Waals surface area contributed by atoms with Crippen LogP contribution >= 0.6 is 15.9 Å². The van der Waals surface area contributed by atoms with E-state index in [9.17, 15) is 19.7 Å². The molecule has 0 spiro atoms. The number of alkyl halides is 1. The van der Waals surface area contributed by atoms with Crippen LogP contribution in [0.2, 0.25) is 0 Å². The summed E-state index contributed by atoms with van der Waals surface area (Å²) < 4.78 is 0. The van der Waals surface area contributed by atoms with E-state index in [1.54, 1.807) is 0 Å². The van der Waals surface area contributed by atoms with E-state index in [1.165, 1.54) is 6.92 Å². The summed E-state index contributed by atoms with van der Waals surface area (Å²) in [6.07, 6.45) is 1.06. The maximum Gasteiger partial charge on any atom is 0.288 e. The zero-order valence-corrected chi connectivity index (χ0v) is 10.4. The summed E-state index contributed by atoms with van der Waals surface area (Å²) in [4.78, 5) is 36.0. The van der Waals surface area contributed by atoms with Crippen molar-refractivity contribution < 1.29 is 14.5 Å². The van der Waals surface area contributed by atoms with Crippen molar-refractivity contribution in [2.75, 3.05) is 0 Å². The number of carbonyl (C=O) groups is 2. The summed E-state index contributed by atoms with van der Waals surface area (Å²) in [5.74, 6) is -1.25. The highest BCUT2D eigenvalue weighted by molar-refractivity contribution is 9.08. The van der Waals surface area contributed by atoms with Crippen molar-refractivity contribution >= 4 is 33.4 Å². The monoisotopic (exact) mass is 301 g/mol. The molecule has 0 aliphatic heterocycles. The Labute approximate surface area is 105 Å². The SMILES string of the molecule is CC(=O)NC(=O)c1cc([N+](=O)[O-])cnc1CBr. The van der Waals surface area contributed by atoms with Crippen LogP contribution in [0.1, 0.15) is 23.0 Å². The first-order valence-corrected chi connectivity index (χ1v) is 5.59. The molecule has 1 N–H and O–H groups in total. The van der Waals surface area contributed by atoms with Crippen LogP contribution < -0.4 is 5.32 Å². The van der Waals surface area contributed by atoms with Gasteiger partial charge in [-0.2, -0.15) is 0 Å². The van der Waals surface area contributed by atoms with Crippen molar-refractivity contribution in [1.29, 1.82) is 0 Å². The number of aromatic nitrogens is 1. The third kappa shape index (κ3) is 3.31. The van der Waals surface area contributed by atoms with Gasteiger partial charge in [0.1, 0.15) is 6.20 Å². The van der Waals surface area contributed by atoms with Crippen molar-refractivity contribution in [2.24, 2.45) is 0 Å². The van der Waals surface area contributed by atoms with Gasteiger partial charge in [-0.1, -0.05) is 15.9 Å². The van der Waals surface area contributed by atoms with Crippen LogP contribution in [0.3, 0.4) is 0 Å². The highest BCUT2D eigenvalue weighted by atomic mass is 79.9. The number of imide groups is 1. The maximum atomic E-state index is 11.6. The predicted molar refractivity (Wildman–Crippen MR) is 61.7 cm³/mol. The van der Waals surface area contributed by atoms with Gasteiger partial charge >= 0.3 is 0 Å². The Hall–Kier alpha value is -1.83. The molecule has 0 fully saturated rings. The largest absolute Gasteiger partial charge is 0.293 e. The maximum absolute atomic E-state index is 11.6. The molecule has 0 saturated carbocycles. The quantitative estimate of drug-likeness (QED) is 0.513. The molecule has 1 aromatic heterocycles. The number of amides is 2. The van der Waals surface area contributed by atoms with Gasteiger partial charge in [0.25, 0.3) is 11.6 Å². The fourth-order valence-electron chi connectivity index (χ4n) is 1.11. The lowest BCUT2D eigenvalue weighted by molar-refractivity contribution is -0.385. The lowest BCUT2D eigenvalue weighted by Gasteiger charge is -2.05. The number of rotatable bonds is 3. The van der Waals surface area contributed by atoms with Crippen LogP contribution in [0.5, 0.6) is 0 Å². The molecule has 1 aromatic rings. The molecule has 1 rings (SSSR count). The van der Waals surface area contributed by atoms with Gasteiger partial charge in [-0.25, -0.2) is 0 Å². The second-order valence-corrected chi connectivity index (χ2v) is 3.65. The van der Waals surface area contributed by atoms with Crippen LogP contribution in [-0.2, 0) is 10.1 Å². The van der Waals surface area contributed by atoms with Gasteiger partial charge in [0.05, 0.1) is 16.2 Å². The molecule has 0 saturated heterocycles. The summed E-state index contributed by atoms with van der Waals surface area (Å²) in [5, 5.41) is 12.8. The summed E-state index contributed by atoms with van der Waals surface area (Å²) in [6, 6.07) is 1.09. The Morgan fingerprint density at radius 1 is 1.59 bits per heavy atom. The van der Waals surface area contributed by atoms with Crippen LogP contribution in [-0.4, -0.2) is 21.7 Å². The Morgan fingerprint density at radius 2 is 2.24 bits per heavy atom. The predicted octanol–water partition coefficient (Wildman–Crippen LogP) is 1.16. The Bertz CT molecular complexity index is 489. The third-order valence-electron chi connectivity index (χ3n) is 1.83. The second kappa shape index (κ2) is 5.48. The first kappa shape index (κ1) is 13.2. The Kier molecular flexibility index (Phi) is 4.27. The fourth-order valence-corrected chi connectivity index (χ4v) is 1.56. The van der Waals surface area contributed by atoms with Crippen molar-refractivity contribution in [3.63, 3.8) is 0 Å². The molecule has 90 valence electrons. The van der Waals surface area contributed by atoms with E-state index in [1.807, 2.05) is 5.32 Å². The van der Waals surface area contributed by atoms with E-state index >= 15 is 0 Å². The van der Waals surface area contributed by atoms with Crippen LogP contribution in [0.15, 0.2) is 12.3 Å². The van der Waals surface area contributed by atoms with Crippen LogP contribution in [0.25, 0.3) is 0 Å². The number of nitrogens with one attached hydrogen (secondary N) is 1. The number of hydrogen-bond donors (Lipinski definition) is 1. The van der Waals surface area contributed by atoms with E-state index in [4.69, 9.17) is 0 Å². The van der Waals surface area contributed by atoms with Gasteiger partial charge in [0.2, 0.25) is 5.91 Å². The summed E-state index contributed by atoms with van der Waals surface area (Å²) in [6.45, 7) is 1.18. The number of nitro groups is 1. The Morgan fingerprint density at radius 3 is 2.71 bits per heavy atom. The van der Waals surface area contributed by atoms with Gasteiger partial charge in [0, 0.05) is 18.3 Å². The molecule has 0 aromatic carbocycles. The zero-order chi connectivity index (χ0) is 13.0. The first-order valence-electron chi connectivity index (χ1n) is 4.47. The first-order chi connectivity index (χ1) is 7.95. The number of hydrogen-bond acceptors (Lipinski definition) is 5. The van der Waals surface area contributed by atoms with E-state index in [0.29, 0.717) is 5.69 Å². The third-order valence-corrected chi connectivity index (χ3v) is 2.36. The minimum atomic E-state index is -0.705. The molecular weight excluding hydrogens is 294 g/mol. The average molecular weight is 302 g/mol. The molecule has 0 unspecified atom stereocenters.